The van der Waals surface area contributed by atoms with Crippen molar-refractivity contribution >= 4 is 46.3 Å². The number of halogens is 1. The summed E-state index contributed by atoms with van der Waals surface area (Å²) in [6.07, 6.45) is 1.66. The van der Waals surface area contributed by atoms with Gasteiger partial charge in [0.1, 0.15) is 5.82 Å². The maximum absolute atomic E-state index is 11.2. The van der Waals surface area contributed by atoms with Crippen molar-refractivity contribution in [1.82, 2.24) is 9.97 Å². The zero-order valence-electron chi connectivity index (χ0n) is 13.5. The Kier molecular flexibility index (Phi) is 5.11. The Hall–Kier alpha value is -3.12. The highest BCUT2D eigenvalue weighted by molar-refractivity contribution is 6.30. The number of hydrogen-bond acceptors (Lipinski definition) is 5. The smallest absolute Gasteiger partial charge is 0.229 e. The minimum Gasteiger partial charge on any atom is -0.340 e. The Morgan fingerprint density at radius 3 is 2.48 bits per heavy atom. The van der Waals surface area contributed by atoms with E-state index in [0.717, 1.165) is 11.4 Å². The minimum atomic E-state index is -0.117. The van der Waals surface area contributed by atoms with Crippen molar-refractivity contribution < 1.29 is 4.79 Å². The van der Waals surface area contributed by atoms with Crippen LogP contribution in [-0.4, -0.2) is 15.9 Å². The van der Waals surface area contributed by atoms with E-state index >= 15 is 0 Å². The third-order valence-electron chi connectivity index (χ3n) is 3.21. The molecule has 0 saturated heterocycles. The summed E-state index contributed by atoms with van der Waals surface area (Å²) in [4.78, 5) is 19.8. The number of amides is 1. The van der Waals surface area contributed by atoms with Gasteiger partial charge in [0.05, 0.1) is 0 Å². The van der Waals surface area contributed by atoms with Gasteiger partial charge in [-0.15, -0.1) is 0 Å². The van der Waals surface area contributed by atoms with Crippen LogP contribution in [-0.2, 0) is 4.79 Å². The van der Waals surface area contributed by atoms with Crippen molar-refractivity contribution in [3.8, 4) is 0 Å². The van der Waals surface area contributed by atoms with Gasteiger partial charge in [0.15, 0.2) is 0 Å². The number of anilines is 5. The molecule has 126 valence electrons. The summed E-state index contributed by atoms with van der Waals surface area (Å²) in [7, 11) is 0. The molecule has 3 N–H and O–H groups in total. The molecule has 0 radical (unpaired) electrons. The Bertz CT molecular complexity index is 883. The number of hydrogen-bond donors (Lipinski definition) is 3. The monoisotopic (exact) mass is 353 g/mol. The van der Waals surface area contributed by atoms with Gasteiger partial charge < -0.3 is 16.0 Å². The number of aromatic nitrogens is 2. The maximum Gasteiger partial charge on any atom is 0.229 e. The van der Waals surface area contributed by atoms with Crippen molar-refractivity contribution in [2.24, 2.45) is 0 Å². The molecule has 25 heavy (non-hydrogen) atoms. The Morgan fingerprint density at radius 2 is 1.72 bits per heavy atom. The van der Waals surface area contributed by atoms with Gasteiger partial charge in [-0.05, 0) is 48.5 Å². The number of nitrogens with one attached hydrogen (secondary N) is 3. The molecular weight excluding hydrogens is 338 g/mol. The predicted octanol–water partition coefficient (Wildman–Crippen LogP) is 4.58. The van der Waals surface area contributed by atoms with Crippen molar-refractivity contribution in [3.63, 3.8) is 0 Å². The maximum atomic E-state index is 11.2. The number of carbonyl (C=O) groups is 1. The summed E-state index contributed by atoms with van der Waals surface area (Å²) >= 11 is 5.88. The second-order valence-corrected chi connectivity index (χ2v) is 5.72. The van der Waals surface area contributed by atoms with E-state index in [2.05, 4.69) is 25.9 Å². The topological polar surface area (TPSA) is 78.9 Å². The lowest BCUT2D eigenvalue weighted by Gasteiger charge is -2.10. The van der Waals surface area contributed by atoms with E-state index < -0.39 is 0 Å². The first-order valence-corrected chi connectivity index (χ1v) is 7.96. The number of carbonyl (C=O) groups excluding carboxylic acids is 1. The molecule has 1 heterocycles. The van der Waals surface area contributed by atoms with Gasteiger partial charge in [0, 0.05) is 35.2 Å². The molecule has 1 amide bonds. The molecule has 3 rings (SSSR count). The zero-order chi connectivity index (χ0) is 17.6. The lowest BCUT2D eigenvalue weighted by molar-refractivity contribution is -0.114. The second-order valence-electron chi connectivity index (χ2n) is 5.28. The summed E-state index contributed by atoms with van der Waals surface area (Å²) in [5.41, 5.74) is 2.36. The number of rotatable bonds is 5. The first-order chi connectivity index (χ1) is 12.1. The van der Waals surface area contributed by atoms with Crippen LogP contribution in [0.5, 0.6) is 0 Å². The Balaban J connectivity index is 1.73. The van der Waals surface area contributed by atoms with Crippen LogP contribution in [0, 0.1) is 0 Å². The summed E-state index contributed by atoms with van der Waals surface area (Å²) in [6.45, 7) is 1.47. The van der Waals surface area contributed by atoms with Crippen LogP contribution in [0.15, 0.2) is 60.8 Å². The highest BCUT2D eigenvalue weighted by Gasteiger charge is 2.03. The van der Waals surface area contributed by atoms with Crippen LogP contribution in [0.25, 0.3) is 0 Å². The van der Waals surface area contributed by atoms with E-state index in [0.29, 0.717) is 22.5 Å². The average molecular weight is 354 g/mol. The van der Waals surface area contributed by atoms with Gasteiger partial charge in [-0.1, -0.05) is 17.7 Å². The Morgan fingerprint density at radius 1 is 0.960 bits per heavy atom. The summed E-state index contributed by atoms with van der Waals surface area (Å²) in [5.74, 6) is 0.977. The van der Waals surface area contributed by atoms with Gasteiger partial charge >= 0.3 is 0 Å². The van der Waals surface area contributed by atoms with Gasteiger partial charge in [-0.2, -0.15) is 4.98 Å². The molecule has 0 aliphatic rings. The zero-order valence-corrected chi connectivity index (χ0v) is 14.2. The summed E-state index contributed by atoms with van der Waals surface area (Å²) < 4.78 is 0. The first kappa shape index (κ1) is 16.7. The minimum absolute atomic E-state index is 0.117. The van der Waals surface area contributed by atoms with Crippen LogP contribution in [0.4, 0.5) is 28.8 Å². The van der Waals surface area contributed by atoms with E-state index in [4.69, 9.17) is 11.6 Å². The average Bonchev–Trinajstić information content (AvgIpc) is 2.57. The third-order valence-corrected chi connectivity index (χ3v) is 3.46. The van der Waals surface area contributed by atoms with E-state index in [-0.39, 0.29) is 5.91 Å². The molecule has 0 spiro atoms. The molecule has 2 aromatic carbocycles. The molecule has 0 unspecified atom stereocenters. The SMILES string of the molecule is CC(=O)Nc1cccc(Nc2ccnc(Nc3ccc(Cl)cc3)n2)c1. The number of benzene rings is 2. The molecule has 0 saturated carbocycles. The molecule has 0 fully saturated rings. The molecule has 6 nitrogen and oxygen atoms in total. The molecular formula is C18H16ClN5O. The van der Waals surface area contributed by atoms with E-state index in [1.165, 1.54) is 6.92 Å². The van der Waals surface area contributed by atoms with E-state index in [9.17, 15) is 4.79 Å². The lowest BCUT2D eigenvalue weighted by Crippen LogP contribution is -2.06. The van der Waals surface area contributed by atoms with Crippen LogP contribution in [0.1, 0.15) is 6.92 Å². The summed E-state index contributed by atoms with van der Waals surface area (Å²) in [5, 5.41) is 9.72. The molecule has 0 bridgehead atoms. The lowest BCUT2D eigenvalue weighted by atomic mass is 10.2. The van der Waals surface area contributed by atoms with Gasteiger partial charge in [-0.3, -0.25) is 4.79 Å². The summed E-state index contributed by atoms with van der Waals surface area (Å²) in [6, 6.07) is 16.4. The normalized spacial score (nSPS) is 10.2. The number of nitrogens with zero attached hydrogens (tertiary/aromatic N) is 2. The van der Waals surface area contributed by atoms with Crippen LogP contribution < -0.4 is 16.0 Å². The Labute approximate surface area is 150 Å². The van der Waals surface area contributed by atoms with Crippen molar-refractivity contribution in [3.05, 3.63) is 65.8 Å². The molecule has 1 aromatic heterocycles. The standard InChI is InChI=1S/C18H16ClN5O/c1-12(25)21-15-3-2-4-16(11-15)22-17-9-10-20-18(24-17)23-14-7-5-13(19)6-8-14/h2-11H,1H3,(H,21,25)(H2,20,22,23,24). The van der Waals surface area contributed by atoms with E-state index in [1.807, 2.05) is 36.4 Å². The fraction of sp³-hybridized carbons (Fsp3) is 0.0556. The molecule has 0 aliphatic heterocycles. The van der Waals surface area contributed by atoms with Crippen molar-refractivity contribution in [2.75, 3.05) is 16.0 Å². The van der Waals surface area contributed by atoms with E-state index in [1.54, 1.807) is 24.4 Å². The fourth-order valence-electron chi connectivity index (χ4n) is 2.18. The quantitative estimate of drug-likeness (QED) is 0.626. The second kappa shape index (κ2) is 7.63. The highest BCUT2D eigenvalue weighted by Crippen LogP contribution is 2.21. The van der Waals surface area contributed by atoms with Crippen molar-refractivity contribution in [1.29, 1.82) is 0 Å². The van der Waals surface area contributed by atoms with Crippen LogP contribution in [0.2, 0.25) is 5.02 Å². The largest absolute Gasteiger partial charge is 0.340 e. The predicted molar refractivity (Wildman–Crippen MR) is 101 cm³/mol. The highest BCUT2D eigenvalue weighted by atomic mass is 35.5. The molecule has 7 heteroatoms. The molecule has 3 aromatic rings. The van der Waals surface area contributed by atoms with Gasteiger partial charge in [0.2, 0.25) is 11.9 Å². The van der Waals surface area contributed by atoms with Gasteiger partial charge in [-0.25, -0.2) is 4.98 Å². The fourth-order valence-corrected chi connectivity index (χ4v) is 2.30. The van der Waals surface area contributed by atoms with Crippen LogP contribution in [0.3, 0.4) is 0 Å². The van der Waals surface area contributed by atoms with Crippen LogP contribution >= 0.6 is 11.6 Å². The molecule has 0 aliphatic carbocycles. The first-order valence-electron chi connectivity index (χ1n) is 7.59. The van der Waals surface area contributed by atoms with Gasteiger partial charge in [0.25, 0.3) is 0 Å². The molecule has 0 atom stereocenters. The van der Waals surface area contributed by atoms with Crippen molar-refractivity contribution in [2.45, 2.75) is 6.92 Å². The third kappa shape index (κ3) is 4.92.